The maximum absolute atomic E-state index is 12.8. The number of hydrogen-bond acceptors (Lipinski definition) is 5. The minimum Gasteiger partial charge on any atom is -0.391 e. The normalized spacial score (nSPS) is 11.7. The van der Waals surface area contributed by atoms with Crippen LogP contribution in [0.5, 0.6) is 0 Å². The maximum atomic E-state index is 12.8. The van der Waals surface area contributed by atoms with Crippen LogP contribution in [0.1, 0.15) is 29.0 Å². The summed E-state index contributed by atoms with van der Waals surface area (Å²) in [5.41, 5.74) is 9.38. The number of rotatable bonds is 8. The van der Waals surface area contributed by atoms with Crippen LogP contribution in [0.25, 0.3) is 0 Å². The van der Waals surface area contributed by atoms with E-state index >= 15 is 0 Å². The second-order valence-corrected chi connectivity index (χ2v) is 7.17. The molecule has 0 aliphatic carbocycles. The van der Waals surface area contributed by atoms with Crippen molar-refractivity contribution in [3.63, 3.8) is 0 Å². The van der Waals surface area contributed by atoms with Crippen LogP contribution >= 0.6 is 0 Å². The first kappa shape index (κ1) is 21.3. The summed E-state index contributed by atoms with van der Waals surface area (Å²) in [5.74, 6) is -1.44. The van der Waals surface area contributed by atoms with E-state index in [9.17, 15) is 9.59 Å². The van der Waals surface area contributed by atoms with Crippen LogP contribution in [0.2, 0.25) is 0 Å². The van der Waals surface area contributed by atoms with Crippen LogP contribution < -0.4 is 11.1 Å². The van der Waals surface area contributed by atoms with Gasteiger partial charge in [-0.25, -0.2) is 4.79 Å². The van der Waals surface area contributed by atoms with Crippen LogP contribution in [0.3, 0.4) is 0 Å². The molecule has 0 heterocycles. The lowest BCUT2D eigenvalue weighted by atomic mass is 9.86. The Bertz CT molecular complexity index is 917. The standard InChI is InChI=1S/C25H26N2O3/c1-18-12-14-21(15-13-18)27-23(25(29)30-24(28)17-26)16-22(19-8-4-2-5-9-19)20-10-6-3-7-11-20/h2-15,22-23,27H,16-17,26H2,1H3. The number of ether oxygens (including phenoxy) is 1. The molecule has 5 nitrogen and oxygen atoms in total. The van der Waals surface area contributed by atoms with Gasteiger partial charge in [-0.3, -0.25) is 4.79 Å². The highest BCUT2D eigenvalue weighted by atomic mass is 16.6. The van der Waals surface area contributed by atoms with E-state index in [-0.39, 0.29) is 12.5 Å². The van der Waals surface area contributed by atoms with E-state index in [4.69, 9.17) is 10.5 Å². The van der Waals surface area contributed by atoms with Crippen molar-refractivity contribution in [2.24, 2.45) is 5.73 Å². The van der Waals surface area contributed by atoms with Crippen molar-refractivity contribution in [3.8, 4) is 0 Å². The monoisotopic (exact) mass is 402 g/mol. The minimum atomic E-state index is -0.744. The van der Waals surface area contributed by atoms with Crippen molar-refractivity contribution in [1.82, 2.24) is 0 Å². The molecule has 3 rings (SSSR count). The molecule has 0 aromatic heterocycles. The third kappa shape index (κ3) is 5.78. The molecule has 1 atom stereocenters. The zero-order chi connectivity index (χ0) is 21.3. The summed E-state index contributed by atoms with van der Waals surface area (Å²) in [6.45, 7) is 1.65. The number of esters is 2. The molecule has 5 heteroatoms. The van der Waals surface area contributed by atoms with Gasteiger partial charge in [-0.2, -0.15) is 0 Å². The molecule has 3 aromatic carbocycles. The highest BCUT2D eigenvalue weighted by Crippen LogP contribution is 2.30. The molecule has 154 valence electrons. The van der Waals surface area contributed by atoms with Crippen molar-refractivity contribution < 1.29 is 14.3 Å². The number of nitrogens with two attached hydrogens (primary N) is 1. The zero-order valence-electron chi connectivity index (χ0n) is 17.0. The quantitative estimate of drug-likeness (QED) is 0.439. The van der Waals surface area contributed by atoms with Crippen LogP contribution in [-0.2, 0) is 14.3 Å². The van der Waals surface area contributed by atoms with Crippen molar-refractivity contribution in [2.45, 2.75) is 25.3 Å². The molecule has 0 fully saturated rings. The predicted octanol–water partition coefficient (Wildman–Crippen LogP) is 4.03. The lowest BCUT2D eigenvalue weighted by molar-refractivity contribution is -0.159. The molecule has 0 aliphatic heterocycles. The van der Waals surface area contributed by atoms with E-state index in [2.05, 4.69) is 5.32 Å². The van der Waals surface area contributed by atoms with Gasteiger partial charge in [0.05, 0.1) is 6.54 Å². The average Bonchev–Trinajstić information content (AvgIpc) is 2.79. The highest BCUT2D eigenvalue weighted by Gasteiger charge is 2.28. The smallest absolute Gasteiger partial charge is 0.336 e. The lowest BCUT2D eigenvalue weighted by Crippen LogP contribution is -2.36. The fraction of sp³-hybridized carbons (Fsp3) is 0.200. The Morgan fingerprint density at radius 3 is 1.90 bits per heavy atom. The molecule has 0 radical (unpaired) electrons. The molecule has 0 bridgehead atoms. The summed E-state index contributed by atoms with van der Waals surface area (Å²) < 4.78 is 4.96. The number of nitrogens with one attached hydrogen (secondary N) is 1. The molecule has 3 N–H and O–H groups in total. The number of anilines is 1. The molecule has 0 saturated carbocycles. The van der Waals surface area contributed by atoms with Gasteiger partial charge in [-0.15, -0.1) is 0 Å². The predicted molar refractivity (Wildman–Crippen MR) is 118 cm³/mol. The first-order valence-electron chi connectivity index (χ1n) is 9.94. The van der Waals surface area contributed by atoms with E-state index in [0.717, 1.165) is 22.4 Å². The Morgan fingerprint density at radius 2 is 1.40 bits per heavy atom. The minimum absolute atomic E-state index is 0.0594. The average molecular weight is 402 g/mol. The van der Waals surface area contributed by atoms with Gasteiger partial charge in [0.25, 0.3) is 0 Å². The summed E-state index contributed by atoms with van der Waals surface area (Å²) in [6, 6.07) is 27.0. The molecular weight excluding hydrogens is 376 g/mol. The first-order chi connectivity index (χ1) is 14.6. The summed E-state index contributed by atoms with van der Waals surface area (Å²) in [5, 5.41) is 3.24. The number of carbonyl (C=O) groups excluding carboxylic acids is 2. The van der Waals surface area contributed by atoms with Crippen molar-refractivity contribution in [2.75, 3.05) is 11.9 Å². The molecule has 0 saturated heterocycles. The summed E-state index contributed by atoms with van der Waals surface area (Å²) >= 11 is 0. The van der Waals surface area contributed by atoms with Crippen LogP contribution in [-0.4, -0.2) is 24.5 Å². The van der Waals surface area contributed by atoms with E-state index in [1.54, 1.807) is 0 Å². The van der Waals surface area contributed by atoms with Crippen molar-refractivity contribution in [1.29, 1.82) is 0 Å². The first-order valence-corrected chi connectivity index (χ1v) is 9.94. The third-order valence-electron chi connectivity index (χ3n) is 4.93. The summed E-state index contributed by atoms with van der Waals surface area (Å²) in [4.78, 5) is 24.5. The Labute approximate surface area is 176 Å². The van der Waals surface area contributed by atoms with E-state index in [1.807, 2.05) is 91.9 Å². The summed E-state index contributed by atoms with van der Waals surface area (Å²) in [7, 11) is 0. The molecule has 1 unspecified atom stereocenters. The van der Waals surface area contributed by atoms with Gasteiger partial charge in [0, 0.05) is 11.6 Å². The van der Waals surface area contributed by atoms with Gasteiger partial charge in [0.15, 0.2) is 0 Å². The van der Waals surface area contributed by atoms with Crippen molar-refractivity contribution >= 4 is 17.6 Å². The number of aryl methyl sites for hydroxylation is 1. The Balaban J connectivity index is 1.92. The number of carbonyl (C=O) groups is 2. The van der Waals surface area contributed by atoms with Crippen LogP contribution in [0, 0.1) is 6.92 Å². The van der Waals surface area contributed by atoms with Gasteiger partial charge in [-0.1, -0.05) is 78.4 Å². The maximum Gasteiger partial charge on any atom is 0.336 e. The Kier molecular flexibility index (Phi) is 7.35. The van der Waals surface area contributed by atoms with Gasteiger partial charge >= 0.3 is 11.9 Å². The van der Waals surface area contributed by atoms with Crippen LogP contribution in [0.15, 0.2) is 84.9 Å². The molecule has 0 aliphatic rings. The highest BCUT2D eigenvalue weighted by molar-refractivity contribution is 5.90. The van der Waals surface area contributed by atoms with E-state index in [1.165, 1.54) is 0 Å². The zero-order valence-corrected chi connectivity index (χ0v) is 17.0. The summed E-state index contributed by atoms with van der Waals surface area (Å²) in [6.07, 6.45) is 0.415. The van der Waals surface area contributed by atoms with Gasteiger partial charge in [0.1, 0.15) is 6.04 Å². The Hall–Kier alpha value is -3.44. The number of hydrogen-bond donors (Lipinski definition) is 2. The third-order valence-corrected chi connectivity index (χ3v) is 4.93. The second kappa shape index (κ2) is 10.4. The fourth-order valence-corrected chi connectivity index (χ4v) is 3.36. The largest absolute Gasteiger partial charge is 0.391 e. The molecule has 0 amide bonds. The van der Waals surface area contributed by atoms with Gasteiger partial charge in [0.2, 0.25) is 0 Å². The van der Waals surface area contributed by atoms with E-state index in [0.29, 0.717) is 6.42 Å². The molecule has 0 spiro atoms. The van der Waals surface area contributed by atoms with Crippen LogP contribution in [0.4, 0.5) is 5.69 Å². The fourth-order valence-electron chi connectivity index (χ4n) is 3.36. The molecular formula is C25H26N2O3. The van der Waals surface area contributed by atoms with Crippen molar-refractivity contribution in [3.05, 3.63) is 102 Å². The number of benzene rings is 3. The Morgan fingerprint density at radius 1 is 0.867 bits per heavy atom. The molecule has 30 heavy (non-hydrogen) atoms. The molecule has 3 aromatic rings. The SMILES string of the molecule is Cc1ccc(NC(CC(c2ccccc2)c2ccccc2)C(=O)OC(=O)CN)cc1. The topological polar surface area (TPSA) is 81.4 Å². The van der Waals surface area contributed by atoms with Gasteiger partial charge < -0.3 is 15.8 Å². The lowest BCUT2D eigenvalue weighted by Gasteiger charge is -2.25. The van der Waals surface area contributed by atoms with Gasteiger partial charge in [-0.05, 0) is 36.6 Å². The van der Waals surface area contributed by atoms with E-state index < -0.39 is 18.0 Å². The second-order valence-electron chi connectivity index (χ2n) is 7.17.